The lowest BCUT2D eigenvalue weighted by molar-refractivity contribution is 0.0789. The summed E-state index contributed by atoms with van der Waals surface area (Å²) in [6, 6.07) is 1.95. The molecule has 21 heavy (non-hydrogen) atoms. The fourth-order valence-electron chi connectivity index (χ4n) is 1.90. The van der Waals surface area contributed by atoms with Gasteiger partial charge in [-0.25, -0.2) is 4.98 Å². The fourth-order valence-corrected chi connectivity index (χ4v) is 3.59. The molecule has 2 aromatic heterocycles. The lowest BCUT2D eigenvalue weighted by Gasteiger charge is -2.15. The smallest absolute Gasteiger partial charge is 0.265 e. The topological polar surface area (TPSA) is 53.4 Å². The van der Waals surface area contributed by atoms with Crippen LogP contribution in [0.1, 0.15) is 30.8 Å². The quantitative estimate of drug-likeness (QED) is 0.884. The summed E-state index contributed by atoms with van der Waals surface area (Å²) in [7, 11) is 1.79. The van der Waals surface area contributed by atoms with E-state index in [1.165, 1.54) is 22.7 Å². The zero-order valence-corrected chi connectivity index (χ0v) is 13.8. The third kappa shape index (κ3) is 3.91. The first kappa shape index (κ1) is 15.7. The third-order valence-electron chi connectivity index (χ3n) is 2.81. The van der Waals surface area contributed by atoms with Crippen LogP contribution in [0.15, 0.2) is 11.4 Å². The molecule has 110 valence electrons. The molecule has 2 heterocycles. The predicted octanol–water partition coefficient (Wildman–Crippen LogP) is 2.44. The fraction of sp³-hybridized carbons (Fsp3) is 0.333. The Balaban J connectivity index is 2.07. The molecule has 0 saturated carbocycles. The Labute approximate surface area is 132 Å². The molecule has 1 amide bonds. The number of nitrogens with zero attached hydrogens (tertiary/aromatic N) is 2. The van der Waals surface area contributed by atoms with Crippen LogP contribution in [0.5, 0.6) is 0 Å². The van der Waals surface area contributed by atoms with Gasteiger partial charge in [-0.3, -0.25) is 4.79 Å². The third-order valence-corrected chi connectivity index (χ3v) is 4.76. The van der Waals surface area contributed by atoms with Gasteiger partial charge in [0.15, 0.2) is 0 Å². The highest BCUT2D eigenvalue weighted by Crippen LogP contribution is 2.21. The van der Waals surface area contributed by atoms with Crippen molar-refractivity contribution in [3.63, 3.8) is 0 Å². The molecule has 0 spiro atoms. The van der Waals surface area contributed by atoms with E-state index < -0.39 is 0 Å². The van der Waals surface area contributed by atoms with E-state index in [2.05, 4.69) is 16.8 Å². The molecule has 0 unspecified atom stereocenters. The second kappa shape index (κ2) is 6.85. The Hall–Kier alpha value is -1.68. The molecule has 1 N–H and O–H groups in total. The van der Waals surface area contributed by atoms with Crippen LogP contribution in [0.2, 0.25) is 0 Å². The maximum atomic E-state index is 12.4. The maximum Gasteiger partial charge on any atom is 0.265 e. The van der Waals surface area contributed by atoms with E-state index in [-0.39, 0.29) is 12.5 Å². The number of aliphatic hydroxyl groups excluding tert-OH is 1. The molecule has 2 rings (SSSR count). The van der Waals surface area contributed by atoms with Gasteiger partial charge in [0.05, 0.1) is 15.6 Å². The Bertz CT molecular complexity index is 707. The summed E-state index contributed by atoms with van der Waals surface area (Å²) in [5.74, 6) is 5.48. The largest absolute Gasteiger partial charge is 0.384 e. The normalized spacial score (nSPS) is 10.1. The van der Waals surface area contributed by atoms with Crippen LogP contribution in [0.4, 0.5) is 0 Å². The highest BCUT2D eigenvalue weighted by Gasteiger charge is 2.18. The molecular formula is C15H16N2O2S2. The van der Waals surface area contributed by atoms with E-state index in [0.29, 0.717) is 11.4 Å². The van der Waals surface area contributed by atoms with Gasteiger partial charge in [0.2, 0.25) is 0 Å². The number of hydrogen-bond acceptors (Lipinski definition) is 5. The van der Waals surface area contributed by atoms with Crippen LogP contribution < -0.4 is 0 Å². The lowest BCUT2D eigenvalue weighted by atomic mass is 10.2. The van der Waals surface area contributed by atoms with Gasteiger partial charge >= 0.3 is 0 Å². The number of aliphatic hydroxyl groups is 1. The second-order valence-corrected chi connectivity index (χ2v) is 6.70. The molecule has 0 aliphatic carbocycles. The minimum absolute atomic E-state index is 0.00714. The zero-order chi connectivity index (χ0) is 15.4. The monoisotopic (exact) mass is 320 g/mol. The summed E-state index contributed by atoms with van der Waals surface area (Å²) in [5, 5.41) is 11.6. The first-order chi connectivity index (χ1) is 10.0. The Morgan fingerprint density at radius 2 is 2.24 bits per heavy atom. The maximum absolute atomic E-state index is 12.4. The standard InChI is InChI=1S/C15H16N2O2S2/c1-10-14(21-11(2)16-10)15(19)17(3)8-12-7-13(20-9-12)5-4-6-18/h7,9,18H,6,8H2,1-3H3. The van der Waals surface area contributed by atoms with Gasteiger partial charge in [0.25, 0.3) is 5.91 Å². The van der Waals surface area contributed by atoms with Crippen molar-refractivity contribution >= 4 is 28.6 Å². The number of thiophene rings is 1. The van der Waals surface area contributed by atoms with E-state index in [1.807, 2.05) is 25.3 Å². The van der Waals surface area contributed by atoms with Crippen molar-refractivity contribution in [1.82, 2.24) is 9.88 Å². The van der Waals surface area contributed by atoms with Crippen LogP contribution in [0.3, 0.4) is 0 Å². The summed E-state index contributed by atoms with van der Waals surface area (Å²) in [6.07, 6.45) is 0. The van der Waals surface area contributed by atoms with E-state index in [0.717, 1.165) is 21.1 Å². The first-order valence-electron chi connectivity index (χ1n) is 6.38. The van der Waals surface area contributed by atoms with Crippen LogP contribution in [-0.4, -0.2) is 34.6 Å². The van der Waals surface area contributed by atoms with Gasteiger partial charge in [-0.1, -0.05) is 11.8 Å². The molecule has 6 heteroatoms. The average molecular weight is 320 g/mol. The second-order valence-electron chi connectivity index (χ2n) is 4.59. The Kier molecular flexibility index (Phi) is 5.12. The van der Waals surface area contributed by atoms with Gasteiger partial charge in [-0.05, 0) is 30.9 Å². The van der Waals surface area contributed by atoms with E-state index in [1.54, 1.807) is 11.9 Å². The molecule has 0 saturated heterocycles. The van der Waals surface area contributed by atoms with Crippen LogP contribution in [0.25, 0.3) is 0 Å². The van der Waals surface area contributed by atoms with Crippen LogP contribution in [0, 0.1) is 25.7 Å². The Morgan fingerprint density at radius 3 is 2.86 bits per heavy atom. The summed E-state index contributed by atoms with van der Waals surface area (Å²) >= 11 is 2.94. The number of rotatable bonds is 3. The molecule has 0 aliphatic rings. The molecule has 2 aromatic rings. The van der Waals surface area contributed by atoms with Gasteiger partial charge < -0.3 is 10.0 Å². The van der Waals surface area contributed by atoms with Crippen molar-refractivity contribution in [2.75, 3.05) is 13.7 Å². The Morgan fingerprint density at radius 1 is 1.48 bits per heavy atom. The summed E-state index contributed by atoms with van der Waals surface area (Å²) in [6.45, 7) is 4.15. The van der Waals surface area contributed by atoms with Crippen molar-refractivity contribution < 1.29 is 9.90 Å². The summed E-state index contributed by atoms with van der Waals surface area (Å²) in [5.41, 5.74) is 1.83. The van der Waals surface area contributed by atoms with E-state index in [9.17, 15) is 4.79 Å². The number of hydrogen-bond donors (Lipinski definition) is 1. The first-order valence-corrected chi connectivity index (χ1v) is 8.07. The highest BCUT2D eigenvalue weighted by molar-refractivity contribution is 7.13. The molecular weight excluding hydrogens is 304 g/mol. The molecule has 0 aromatic carbocycles. The van der Waals surface area contributed by atoms with Crippen molar-refractivity contribution in [1.29, 1.82) is 0 Å². The van der Waals surface area contributed by atoms with Gasteiger partial charge in [-0.15, -0.1) is 22.7 Å². The highest BCUT2D eigenvalue weighted by atomic mass is 32.1. The van der Waals surface area contributed by atoms with Crippen LogP contribution >= 0.6 is 22.7 Å². The SMILES string of the molecule is Cc1nc(C)c(C(=O)N(C)Cc2csc(C#CCO)c2)s1. The zero-order valence-electron chi connectivity index (χ0n) is 12.1. The average Bonchev–Trinajstić information content (AvgIpc) is 3.02. The molecule has 0 radical (unpaired) electrons. The minimum Gasteiger partial charge on any atom is -0.384 e. The van der Waals surface area contributed by atoms with Gasteiger partial charge in [0.1, 0.15) is 11.5 Å². The van der Waals surface area contributed by atoms with Crippen molar-refractivity contribution in [3.8, 4) is 11.8 Å². The van der Waals surface area contributed by atoms with Crippen molar-refractivity contribution in [2.24, 2.45) is 0 Å². The minimum atomic E-state index is -0.143. The summed E-state index contributed by atoms with van der Waals surface area (Å²) in [4.78, 5) is 20.0. The summed E-state index contributed by atoms with van der Waals surface area (Å²) < 4.78 is 0. The molecule has 4 nitrogen and oxygen atoms in total. The van der Waals surface area contributed by atoms with E-state index >= 15 is 0 Å². The van der Waals surface area contributed by atoms with Gasteiger partial charge in [-0.2, -0.15) is 0 Å². The van der Waals surface area contributed by atoms with E-state index in [4.69, 9.17) is 5.11 Å². The molecule has 0 bridgehead atoms. The molecule has 0 aliphatic heterocycles. The van der Waals surface area contributed by atoms with Crippen LogP contribution in [-0.2, 0) is 6.54 Å². The van der Waals surface area contributed by atoms with Gasteiger partial charge in [0, 0.05) is 13.6 Å². The number of aromatic nitrogens is 1. The predicted molar refractivity (Wildman–Crippen MR) is 85.7 cm³/mol. The lowest BCUT2D eigenvalue weighted by Crippen LogP contribution is -2.25. The van der Waals surface area contributed by atoms with Crippen molar-refractivity contribution in [2.45, 2.75) is 20.4 Å². The molecule has 0 atom stereocenters. The number of thiazole rings is 1. The van der Waals surface area contributed by atoms with Crippen molar-refractivity contribution in [3.05, 3.63) is 37.5 Å². The number of carbonyl (C=O) groups excluding carboxylic acids is 1. The number of amides is 1. The number of aryl methyl sites for hydroxylation is 2. The molecule has 0 fully saturated rings. The number of carbonyl (C=O) groups is 1.